The highest BCUT2D eigenvalue weighted by Crippen LogP contribution is 2.28. The SMILES string of the molecule is C1=NCC=C1c1ccc2nnc(Sc3ccc4ncccc4c3)n2n1. The summed E-state index contributed by atoms with van der Waals surface area (Å²) >= 11 is 1.54. The summed E-state index contributed by atoms with van der Waals surface area (Å²) in [5, 5.41) is 15.0. The summed E-state index contributed by atoms with van der Waals surface area (Å²) in [4.78, 5) is 9.64. The molecule has 0 bridgehead atoms. The van der Waals surface area contributed by atoms with Gasteiger partial charge in [0.15, 0.2) is 5.65 Å². The van der Waals surface area contributed by atoms with Crippen molar-refractivity contribution >= 4 is 40.1 Å². The van der Waals surface area contributed by atoms with Gasteiger partial charge in [0, 0.05) is 28.3 Å². The molecule has 0 radical (unpaired) electrons. The Labute approximate surface area is 147 Å². The van der Waals surface area contributed by atoms with Crippen molar-refractivity contribution in [1.29, 1.82) is 0 Å². The maximum Gasteiger partial charge on any atom is 0.217 e. The Kier molecular flexibility index (Phi) is 3.31. The minimum atomic E-state index is 0.712. The lowest BCUT2D eigenvalue weighted by Gasteiger charge is -2.03. The third-order valence-corrected chi connectivity index (χ3v) is 4.89. The van der Waals surface area contributed by atoms with E-state index < -0.39 is 0 Å². The monoisotopic (exact) mass is 344 g/mol. The molecule has 6 nitrogen and oxygen atoms in total. The maximum atomic E-state index is 4.67. The van der Waals surface area contributed by atoms with Crippen LogP contribution in [0, 0.1) is 0 Å². The molecular formula is C18H12N6S. The quantitative estimate of drug-likeness (QED) is 0.570. The van der Waals surface area contributed by atoms with E-state index >= 15 is 0 Å². The van der Waals surface area contributed by atoms with Gasteiger partial charge < -0.3 is 0 Å². The molecule has 4 aromatic rings. The molecule has 0 saturated heterocycles. The first-order valence-electron chi connectivity index (χ1n) is 7.82. The average Bonchev–Trinajstić information content (AvgIpc) is 3.32. The van der Waals surface area contributed by atoms with Crippen LogP contribution < -0.4 is 0 Å². The van der Waals surface area contributed by atoms with Crippen LogP contribution in [-0.4, -0.2) is 37.6 Å². The lowest BCUT2D eigenvalue weighted by Crippen LogP contribution is -1.99. The molecule has 0 N–H and O–H groups in total. The van der Waals surface area contributed by atoms with E-state index in [2.05, 4.69) is 43.5 Å². The molecule has 120 valence electrons. The highest BCUT2D eigenvalue weighted by Gasteiger charge is 2.12. The van der Waals surface area contributed by atoms with Gasteiger partial charge in [-0.3, -0.25) is 9.98 Å². The number of aromatic nitrogens is 5. The second-order valence-electron chi connectivity index (χ2n) is 5.58. The topological polar surface area (TPSA) is 68.3 Å². The molecule has 1 aliphatic rings. The molecule has 0 spiro atoms. The van der Waals surface area contributed by atoms with Gasteiger partial charge in [0.1, 0.15) is 0 Å². The van der Waals surface area contributed by atoms with Gasteiger partial charge in [-0.2, -0.15) is 9.61 Å². The molecule has 25 heavy (non-hydrogen) atoms. The zero-order valence-electron chi connectivity index (χ0n) is 13.1. The maximum absolute atomic E-state index is 4.67. The Morgan fingerprint density at radius 2 is 2.04 bits per heavy atom. The Balaban J connectivity index is 1.55. The van der Waals surface area contributed by atoms with Crippen molar-refractivity contribution in [2.75, 3.05) is 6.54 Å². The number of pyridine rings is 1. The van der Waals surface area contributed by atoms with Crippen LogP contribution in [0.5, 0.6) is 0 Å². The summed E-state index contributed by atoms with van der Waals surface area (Å²) in [5.41, 5.74) is 3.61. The average molecular weight is 344 g/mol. The molecule has 0 atom stereocenters. The van der Waals surface area contributed by atoms with E-state index in [9.17, 15) is 0 Å². The van der Waals surface area contributed by atoms with Gasteiger partial charge in [-0.05, 0) is 48.2 Å². The normalized spacial score (nSPS) is 13.7. The predicted octanol–water partition coefficient (Wildman–Crippen LogP) is 3.29. The number of aliphatic imine (C=N–C) groups is 1. The van der Waals surface area contributed by atoms with Gasteiger partial charge in [0.2, 0.25) is 5.16 Å². The number of hydrogen-bond donors (Lipinski definition) is 0. The van der Waals surface area contributed by atoms with Gasteiger partial charge in [0.25, 0.3) is 0 Å². The van der Waals surface area contributed by atoms with Gasteiger partial charge >= 0.3 is 0 Å². The van der Waals surface area contributed by atoms with Crippen molar-refractivity contribution < 1.29 is 0 Å². The van der Waals surface area contributed by atoms with Crippen molar-refractivity contribution in [2.45, 2.75) is 10.1 Å². The van der Waals surface area contributed by atoms with Crippen LogP contribution in [0.15, 0.2) is 69.8 Å². The van der Waals surface area contributed by atoms with Gasteiger partial charge in [-0.25, -0.2) is 0 Å². The van der Waals surface area contributed by atoms with Gasteiger partial charge in [-0.1, -0.05) is 12.1 Å². The summed E-state index contributed by atoms with van der Waals surface area (Å²) in [6.45, 7) is 0.712. The van der Waals surface area contributed by atoms with Crippen LogP contribution in [0.4, 0.5) is 0 Å². The number of rotatable bonds is 3. The fraction of sp³-hybridized carbons (Fsp3) is 0.0556. The number of hydrogen-bond acceptors (Lipinski definition) is 6. The van der Waals surface area contributed by atoms with Crippen molar-refractivity contribution in [1.82, 2.24) is 24.8 Å². The number of allylic oxidation sites excluding steroid dienone is 1. The first-order chi connectivity index (χ1) is 12.4. The standard InChI is InChI=1S/C18H12N6S/c1-2-12-10-14(3-4-15(12)20-8-1)25-18-22-21-17-6-5-16(23-24(17)18)13-7-9-19-11-13/h1-8,10-11H,9H2. The Morgan fingerprint density at radius 3 is 2.96 bits per heavy atom. The molecule has 0 saturated carbocycles. The van der Waals surface area contributed by atoms with Crippen LogP contribution in [0.25, 0.3) is 22.1 Å². The van der Waals surface area contributed by atoms with Crippen LogP contribution in [0.3, 0.4) is 0 Å². The molecule has 0 amide bonds. The lowest BCUT2D eigenvalue weighted by molar-refractivity contribution is 0.803. The zero-order chi connectivity index (χ0) is 16.6. The number of benzene rings is 1. The molecule has 0 unspecified atom stereocenters. The molecule has 7 heteroatoms. The third-order valence-electron chi connectivity index (χ3n) is 3.96. The van der Waals surface area contributed by atoms with E-state index in [4.69, 9.17) is 0 Å². The van der Waals surface area contributed by atoms with E-state index in [1.165, 1.54) is 11.8 Å². The highest BCUT2D eigenvalue weighted by molar-refractivity contribution is 7.99. The van der Waals surface area contributed by atoms with Crippen molar-refractivity contribution in [3.8, 4) is 0 Å². The fourth-order valence-electron chi connectivity index (χ4n) is 2.73. The minimum Gasteiger partial charge on any atom is -0.288 e. The lowest BCUT2D eigenvalue weighted by atomic mass is 10.2. The molecule has 1 aromatic carbocycles. The van der Waals surface area contributed by atoms with Crippen LogP contribution in [0.2, 0.25) is 0 Å². The summed E-state index contributed by atoms with van der Waals surface area (Å²) in [7, 11) is 0. The summed E-state index contributed by atoms with van der Waals surface area (Å²) in [5.74, 6) is 0. The zero-order valence-corrected chi connectivity index (χ0v) is 13.9. The van der Waals surface area contributed by atoms with Crippen LogP contribution >= 0.6 is 11.8 Å². The second kappa shape index (κ2) is 5.78. The van der Waals surface area contributed by atoms with Crippen molar-refractivity contribution in [2.24, 2.45) is 4.99 Å². The van der Waals surface area contributed by atoms with E-state index in [-0.39, 0.29) is 0 Å². The van der Waals surface area contributed by atoms with Crippen LogP contribution in [-0.2, 0) is 0 Å². The van der Waals surface area contributed by atoms with Crippen molar-refractivity contribution in [3.05, 3.63) is 60.4 Å². The molecule has 4 heterocycles. The predicted molar refractivity (Wildman–Crippen MR) is 98.0 cm³/mol. The smallest absolute Gasteiger partial charge is 0.217 e. The third kappa shape index (κ3) is 2.58. The summed E-state index contributed by atoms with van der Waals surface area (Å²) in [6, 6.07) is 14.0. The Bertz CT molecular complexity index is 1160. The fourth-order valence-corrected chi connectivity index (χ4v) is 3.57. The van der Waals surface area contributed by atoms with E-state index in [1.54, 1.807) is 10.7 Å². The van der Waals surface area contributed by atoms with Gasteiger partial charge in [0.05, 0.1) is 17.8 Å². The largest absolute Gasteiger partial charge is 0.288 e. The summed E-state index contributed by atoms with van der Waals surface area (Å²) < 4.78 is 1.78. The molecule has 3 aromatic heterocycles. The number of fused-ring (bicyclic) bond motifs is 2. The van der Waals surface area contributed by atoms with Crippen LogP contribution in [0.1, 0.15) is 5.69 Å². The summed E-state index contributed by atoms with van der Waals surface area (Å²) in [6.07, 6.45) is 5.71. The second-order valence-corrected chi connectivity index (χ2v) is 6.63. The highest BCUT2D eigenvalue weighted by atomic mass is 32.2. The van der Waals surface area contributed by atoms with Gasteiger partial charge in [-0.15, -0.1) is 10.2 Å². The van der Waals surface area contributed by atoms with E-state index in [1.807, 2.05) is 36.5 Å². The molecule has 1 aliphatic heterocycles. The minimum absolute atomic E-state index is 0.712. The Morgan fingerprint density at radius 1 is 1.04 bits per heavy atom. The van der Waals surface area contributed by atoms with Crippen molar-refractivity contribution in [3.63, 3.8) is 0 Å². The molecular weight excluding hydrogens is 332 g/mol. The molecule has 0 fully saturated rings. The molecule has 0 aliphatic carbocycles. The Hall–Kier alpha value is -3.06. The first-order valence-corrected chi connectivity index (χ1v) is 8.64. The molecule has 5 rings (SSSR count). The first kappa shape index (κ1) is 14.3. The number of nitrogens with zero attached hydrogens (tertiary/aromatic N) is 6. The van der Waals surface area contributed by atoms with E-state index in [0.29, 0.717) is 6.54 Å². The van der Waals surface area contributed by atoms with E-state index in [0.717, 1.165) is 37.9 Å².